The molecular formula is C17H18N4O3S. The lowest BCUT2D eigenvalue weighted by molar-refractivity contribution is -0.118. The highest BCUT2D eigenvalue weighted by Crippen LogP contribution is 2.33. The number of benzene rings is 1. The minimum Gasteiger partial charge on any atom is -0.493 e. The van der Waals surface area contributed by atoms with Gasteiger partial charge in [-0.25, -0.2) is 9.97 Å². The average molecular weight is 358 g/mol. The van der Waals surface area contributed by atoms with Gasteiger partial charge < -0.3 is 19.4 Å². The van der Waals surface area contributed by atoms with Crippen LogP contribution in [0.1, 0.15) is 13.0 Å². The smallest absolute Gasteiger partial charge is 0.248 e. The monoisotopic (exact) mass is 358 g/mol. The summed E-state index contributed by atoms with van der Waals surface area (Å²) in [5.74, 6) is 1.14. The van der Waals surface area contributed by atoms with Crippen LogP contribution in [0.25, 0.3) is 11.3 Å². The maximum Gasteiger partial charge on any atom is 0.248 e. The molecule has 7 nitrogen and oxygen atoms in total. The van der Waals surface area contributed by atoms with Crippen LogP contribution >= 0.6 is 11.3 Å². The van der Waals surface area contributed by atoms with E-state index in [-0.39, 0.29) is 11.9 Å². The van der Waals surface area contributed by atoms with Gasteiger partial charge in [-0.1, -0.05) is 0 Å². The number of methoxy groups -OCH3 is 2. The molecule has 1 N–H and O–H groups in total. The molecule has 1 aromatic carbocycles. The first-order chi connectivity index (χ1) is 12.1. The molecule has 0 aliphatic rings. The highest BCUT2D eigenvalue weighted by molar-refractivity contribution is 7.14. The minimum absolute atomic E-state index is 0.147. The quantitative estimate of drug-likeness (QED) is 0.732. The van der Waals surface area contributed by atoms with Gasteiger partial charge in [-0.3, -0.25) is 4.79 Å². The summed E-state index contributed by atoms with van der Waals surface area (Å²) in [5.41, 5.74) is 1.65. The Kier molecular flexibility index (Phi) is 4.99. The lowest BCUT2D eigenvalue weighted by Crippen LogP contribution is -2.22. The molecule has 8 heteroatoms. The molecule has 2 heterocycles. The second-order valence-corrected chi connectivity index (χ2v) is 6.14. The predicted octanol–water partition coefficient (Wildman–Crippen LogP) is 3.22. The number of nitrogens with zero attached hydrogens (tertiary/aromatic N) is 3. The summed E-state index contributed by atoms with van der Waals surface area (Å²) in [6, 6.07) is 5.22. The van der Waals surface area contributed by atoms with E-state index >= 15 is 0 Å². The van der Waals surface area contributed by atoms with Gasteiger partial charge in [0.1, 0.15) is 6.04 Å². The fraction of sp³-hybridized carbons (Fsp3) is 0.235. The molecule has 3 rings (SSSR count). The number of rotatable bonds is 6. The second kappa shape index (κ2) is 7.35. The van der Waals surface area contributed by atoms with Crippen molar-refractivity contribution in [1.29, 1.82) is 0 Å². The van der Waals surface area contributed by atoms with E-state index in [1.807, 2.05) is 23.6 Å². The van der Waals surface area contributed by atoms with Gasteiger partial charge in [0, 0.05) is 23.3 Å². The number of thiazole rings is 1. The molecule has 3 aromatic rings. The van der Waals surface area contributed by atoms with Gasteiger partial charge in [0.15, 0.2) is 16.6 Å². The highest BCUT2D eigenvalue weighted by atomic mass is 32.1. The molecule has 0 bridgehead atoms. The van der Waals surface area contributed by atoms with Gasteiger partial charge in [0.2, 0.25) is 5.91 Å². The van der Waals surface area contributed by atoms with Gasteiger partial charge in [-0.15, -0.1) is 11.3 Å². The number of carbonyl (C=O) groups is 1. The van der Waals surface area contributed by atoms with Crippen LogP contribution in [0, 0.1) is 0 Å². The molecule has 0 aliphatic heterocycles. The van der Waals surface area contributed by atoms with Gasteiger partial charge in [-0.2, -0.15) is 0 Å². The van der Waals surface area contributed by atoms with Crippen molar-refractivity contribution in [2.45, 2.75) is 13.0 Å². The zero-order valence-electron chi connectivity index (χ0n) is 14.1. The molecule has 0 fully saturated rings. The van der Waals surface area contributed by atoms with E-state index in [9.17, 15) is 4.79 Å². The largest absolute Gasteiger partial charge is 0.493 e. The second-order valence-electron chi connectivity index (χ2n) is 5.28. The number of amides is 1. The molecule has 0 saturated heterocycles. The van der Waals surface area contributed by atoms with Crippen LogP contribution in [-0.4, -0.2) is 34.7 Å². The Hall–Kier alpha value is -2.87. The van der Waals surface area contributed by atoms with Crippen molar-refractivity contribution in [3.05, 3.63) is 42.3 Å². The van der Waals surface area contributed by atoms with E-state index < -0.39 is 0 Å². The summed E-state index contributed by atoms with van der Waals surface area (Å²) in [4.78, 5) is 20.7. The molecule has 1 atom stereocenters. The van der Waals surface area contributed by atoms with E-state index in [1.165, 1.54) is 11.3 Å². The van der Waals surface area contributed by atoms with Crippen LogP contribution in [-0.2, 0) is 4.79 Å². The first-order valence-corrected chi connectivity index (χ1v) is 8.46. The number of anilines is 1. The molecule has 0 saturated carbocycles. The predicted molar refractivity (Wildman–Crippen MR) is 96.2 cm³/mol. The van der Waals surface area contributed by atoms with E-state index in [1.54, 1.807) is 44.4 Å². The van der Waals surface area contributed by atoms with Gasteiger partial charge in [0.25, 0.3) is 0 Å². The van der Waals surface area contributed by atoms with Crippen LogP contribution in [0.4, 0.5) is 5.13 Å². The molecule has 0 unspecified atom stereocenters. The Morgan fingerprint density at radius 2 is 2.08 bits per heavy atom. The number of hydrogen-bond acceptors (Lipinski definition) is 6. The standard InChI is InChI=1S/C17H18N4O3S/c1-11(21-7-6-18-10-21)16(22)20-17-19-13(9-25-17)12-4-5-14(23-2)15(8-12)24-3/h4-11H,1-3H3,(H,19,20,22)/t11-/m0/s1. The van der Waals surface area contributed by atoms with Crippen LogP contribution in [0.15, 0.2) is 42.3 Å². The Balaban J connectivity index is 1.75. The summed E-state index contributed by atoms with van der Waals surface area (Å²) in [7, 11) is 3.18. The van der Waals surface area contributed by atoms with E-state index in [0.29, 0.717) is 16.6 Å². The molecule has 0 aliphatic carbocycles. The maximum atomic E-state index is 12.3. The lowest BCUT2D eigenvalue weighted by Gasteiger charge is -2.11. The average Bonchev–Trinajstić information content (AvgIpc) is 3.32. The van der Waals surface area contributed by atoms with Crippen molar-refractivity contribution < 1.29 is 14.3 Å². The van der Waals surface area contributed by atoms with Crippen molar-refractivity contribution >= 4 is 22.4 Å². The summed E-state index contributed by atoms with van der Waals surface area (Å²) in [6.45, 7) is 1.81. The number of hydrogen-bond donors (Lipinski definition) is 1. The van der Waals surface area contributed by atoms with Crippen LogP contribution < -0.4 is 14.8 Å². The van der Waals surface area contributed by atoms with Gasteiger partial charge in [0.05, 0.1) is 26.2 Å². The fourth-order valence-corrected chi connectivity index (χ4v) is 3.03. The first-order valence-electron chi connectivity index (χ1n) is 7.58. The number of ether oxygens (including phenoxy) is 2. The third-order valence-electron chi connectivity index (χ3n) is 3.77. The van der Waals surface area contributed by atoms with Crippen molar-refractivity contribution in [1.82, 2.24) is 14.5 Å². The third kappa shape index (κ3) is 3.63. The van der Waals surface area contributed by atoms with Crippen molar-refractivity contribution in [2.75, 3.05) is 19.5 Å². The SMILES string of the molecule is COc1ccc(-c2csc(NC(=O)[C@H](C)n3ccnc3)n2)cc1OC. The van der Waals surface area contributed by atoms with Crippen LogP contribution in [0.2, 0.25) is 0 Å². The van der Waals surface area contributed by atoms with Crippen molar-refractivity contribution in [3.8, 4) is 22.8 Å². The van der Waals surface area contributed by atoms with Gasteiger partial charge >= 0.3 is 0 Å². The van der Waals surface area contributed by atoms with Crippen molar-refractivity contribution in [2.24, 2.45) is 0 Å². The Bertz CT molecular complexity index is 861. The zero-order chi connectivity index (χ0) is 17.8. The summed E-state index contributed by atoms with van der Waals surface area (Å²) < 4.78 is 12.3. The number of carbonyl (C=O) groups excluding carboxylic acids is 1. The Labute approximate surface area is 149 Å². The molecular weight excluding hydrogens is 340 g/mol. The number of nitrogens with one attached hydrogen (secondary N) is 1. The van der Waals surface area contributed by atoms with E-state index in [0.717, 1.165) is 11.3 Å². The summed E-state index contributed by atoms with van der Waals surface area (Å²) in [5, 5.41) is 5.27. The molecule has 130 valence electrons. The maximum absolute atomic E-state index is 12.3. The fourth-order valence-electron chi connectivity index (χ4n) is 2.30. The highest BCUT2D eigenvalue weighted by Gasteiger charge is 2.16. The zero-order valence-corrected chi connectivity index (χ0v) is 14.9. The normalized spacial score (nSPS) is 11.8. The number of aromatic nitrogens is 3. The van der Waals surface area contributed by atoms with E-state index in [4.69, 9.17) is 9.47 Å². The number of imidazole rings is 1. The molecule has 0 spiro atoms. The lowest BCUT2D eigenvalue weighted by atomic mass is 10.1. The molecule has 2 aromatic heterocycles. The van der Waals surface area contributed by atoms with E-state index in [2.05, 4.69) is 15.3 Å². The molecule has 25 heavy (non-hydrogen) atoms. The molecule has 1 amide bonds. The van der Waals surface area contributed by atoms with Crippen LogP contribution in [0.3, 0.4) is 0 Å². The van der Waals surface area contributed by atoms with Crippen LogP contribution in [0.5, 0.6) is 11.5 Å². The third-order valence-corrected chi connectivity index (χ3v) is 4.52. The summed E-state index contributed by atoms with van der Waals surface area (Å²) in [6.07, 6.45) is 5.00. The Morgan fingerprint density at radius 1 is 1.28 bits per heavy atom. The molecule has 0 radical (unpaired) electrons. The van der Waals surface area contributed by atoms with Crippen molar-refractivity contribution in [3.63, 3.8) is 0 Å². The summed E-state index contributed by atoms with van der Waals surface area (Å²) >= 11 is 1.37. The minimum atomic E-state index is -0.365. The first kappa shape index (κ1) is 17.0. The Morgan fingerprint density at radius 3 is 2.76 bits per heavy atom. The topological polar surface area (TPSA) is 78.3 Å². The van der Waals surface area contributed by atoms with Gasteiger partial charge in [-0.05, 0) is 25.1 Å².